The van der Waals surface area contributed by atoms with Crippen molar-refractivity contribution in [1.82, 2.24) is 9.97 Å². The van der Waals surface area contributed by atoms with Gasteiger partial charge in [0.25, 0.3) is 0 Å². The molecule has 2 heterocycles. The van der Waals surface area contributed by atoms with Crippen LogP contribution >= 0.6 is 0 Å². The van der Waals surface area contributed by atoms with Crippen molar-refractivity contribution in [2.45, 2.75) is 25.7 Å². The van der Waals surface area contributed by atoms with Gasteiger partial charge in [-0.05, 0) is 19.8 Å². The first kappa shape index (κ1) is 8.63. The van der Waals surface area contributed by atoms with Crippen molar-refractivity contribution in [3.63, 3.8) is 0 Å². The fourth-order valence-electron chi connectivity index (χ4n) is 1.61. The predicted molar refractivity (Wildman–Crippen MR) is 49.6 cm³/mol. The summed E-state index contributed by atoms with van der Waals surface area (Å²) in [5.74, 6) is 0.557. The van der Waals surface area contributed by atoms with Crippen LogP contribution in [-0.4, -0.2) is 23.2 Å². The van der Waals surface area contributed by atoms with E-state index in [4.69, 9.17) is 4.74 Å². The van der Waals surface area contributed by atoms with E-state index in [-0.39, 0.29) is 0 Å². The highest BCUT2D eigenvalue weighted by atomic mass is 16.5. The summed E-state index contributed by atoms with van der Waals surface area (Å²) < 4.78 is 5.30. The molecule has 0 N–H and O–H groups in total. The largest absolute Gasteiger partial charge is 0.381 e. The molecule has 3 nitrogen and oxygen atoms in total. The maximum Gasteiger partial charge on any atom is 0.0619 e. The molecular formula is C10H14N2O. The first-order valence-electron chi connectivity index (χ1n) is 4.72. The van der Waals surface area contributed by atoms with Crippen molar-refractivity contribution >= 4 is 0 Å². The Morgan fingerprint density at radius 2 is 2.00 bits per heavy atom. The van der Waals surface area contributed by atoms with Gasteiger partial charge in [0.1, 0.15) is 0 Å². The van der Waals surface area contributed by atoms with Crippen molar-refractivity contribution in [1.29, 1.82) is 0 Å². The van der Waals surface area contributed by atoms with Gasteiger partial charge in [-0.25, -0.2) is 0 Å². The minimum atomic E-state index is 0.557. The average Bonchev–Trinajstić information content (AvgIpc) is 2.20. The Morgan fingerprint density at radius 1 is 1.23 bits per heavy atom. The van der Waals surface area contributed by atoms with Crippen molar-refractivity contribution in [2.75, 3.05) is 13.2 Å². The van der Waals surface area contributed by atoms with Gasteiger partial charge in [-0.1, -0.05) is 0 Å². The Balaban J connectivity index is 2.10. The van der Waals surface area contributed by atoms with Crippen molar-refractivity contribution in [3.8, 4) is 0 Å². The zero-order valence-corrected chi connectivity index (χ0v) is 7.86. The van der Waals surface area contributed by atoms with E-state index in [1.54, 1.807) is 0 Å². The van der Waals surface area contributed by atoms with E-state index in [1.807, 2.05) is 19.3 Å². The molecule has 0 aromatic carbocycles. The number of rotatable bonds is 1. The summed E-state index contributed by atoms with van der Waals surface area (Å²) in [6.45, 7) is 3.68. The van der Waals surface area contributed by atoms with Gasteiger partial charge in [-0.3, -0.25) is 9.97 Å². The Labute approximate surface area is 78.2 Å². The van der Waals surface area contributed by atoms with Crippen molar-refractivity contribution in [3.05, 3.63) is 23.8 Å². The third kappa shape index (κ3) is 2.04. The van der Waals surface area contributed by atoms with Crippen LogP contribution in [0.4, 0.5) is 0 Å². The summed E-state index contributed by atoms with van der Waals surface area (Å²) >= 11 is 0. The van der Waals surface area contributed by atoms with E-state index in [9.17, 15) is 0 Å². The molecule has 1 aliphatic rings. The number of nitrogens with zero attached hydrogens (tertiary/aromatic N) is 2. The van der Waals surface area contributed by atoms with Gasteiger partial charge in [0.2, 0.25) is 0 Å². The fraction of sp³-hybridized carbons (Fsp3) is 0.600. The van der Waals surface area contributed by atoms with Crippen LogP contribution in [0.3, 0.4) is 0 Å². The molecule has 70 valence electrons. The van der Waals surface area contributed by atoms with Crippen molar-refractivity contribution < 1.29 is 4.74 Å². The molecule has 0 spiro atoms. The second-order valence-corrected chi connectivity index (χ2v) is 3.47. The molecule has 1 aromatic heterocycles. The lowest BCUT2D eigenvalue weighted by atomic mass is 9.97. The van der Waals surface area contributed by atoms with Crippen LogP contribution in [0.2, 0.25) is 0 Å². The van der Waals surface area contributed by atoms with E-state index < -0.39 is 0 Å². The molecular weight excluding hydrogens is 164 g/mol. The lowest BCUT2D eigenvalue weighted by molar-refractivity contribution is 0.0844. The number of hydrogen-bond donors (Lipinski definition) is 0. The number of ether oxygens (including phenoxy) is 1. The molecule has 0 atom stereocenters. The molecule has 1 saturated heterocycles. The van der Waals surface area contributed by atoms with Gasteiger partial charge in [0.15, 0.2) is 0 Å². The molecule has 0 saturated carbocycles. The zero-order valence-electron chi connectivity index (χ0n) is 7.86. The first-order valence-corrected chi connectivity index (χ1v) is 4.72. The van der Waals surface area contributed by atoms with E-state index >= 15 is 0 Å². The average molecular weight is 178 g/mol. The SMILES string of the molecule is Cc1cnc(C2CCOCC2)cn1. The highest BCUT2D eigenvalue weighted by Crippen LogP contribution is 2.24. The van der Waals surface area contributed by atoms with E-state index in [0.29, 0.717) is 5.92 Å². The third-order valence-electron chi connectivity index (χ3n) is 2.44. The number of aromatic nitrogens is 2. The maximum atomic E-state index is 5.30. The third-order valence-corrected chi connectivity index (χ3v) is 2.44. The Bertz CT molecular complexity index is 265. The zero-order chi connectivity index (χ0) is 9.10. The summed E-state index contributed by atoms with van der Waals surface area (Å²) in [7, 11) is 0. The number of hydrogen-bond acceptors (Lipinski definition) is 3. The Morgan fingerprint density at radius 3 is 2.62 bits per heavy atom. The second kappa shape index (κ2) is 3.83. The molecule has 0 radical (unpaired) electrons. The molecule has 1 aliphatic heterocycles. The molecule has 2 rings (SSSR count). The monoisotopic (exact) mass is 178 g/mol. The molecule has 0 unspecified atom stereocenters. The second-order valence-electron chi connectivity index (χ2n) is 3.47. The minimum absolute atomic E-state index is 0.557. The molecule has 13 heavy (non-hydrogen) atoms. The molecule has 0 bridgehead atoms. The summed E-state index contributed by atoms with van der Waals surface area (Å²) in [6, 6.07) is 0. The molecule has 1 fully saturated rings. The van der Waals surface area contributed by atoms with E-state index in [0.717, 1.165) is 37.4 Å². The van der Waals surface area contributed by atoms with Gasteiger partial charge in [0, 0.05) is 31.5 Å². The maximum absolute atomic E-state index is 5.30. The molecule has 0 aliphatic carbocycles. The Kier molecular flexibility index (Phi) is 2.54. The highest BCUT2D eigenvalue weighted by Gasteiger charge is 2.16. The van der Waals surface area contributed by atoms with E-state index in [2.05, 4.69) is 9.97 Å². The summed E-state index contributed by atoms with van der Waals surface area (Å²) in [5.41, 5.74) is 2.10. The summed E-state index contributed by atoms with van der Waals surface area (Å²) in [6.07, 6.45) is 5.89. The van der Waals surface area contributed by atoms with Crippen LogP contribution in [0.15, 0.2) is 12.4 Å². The van der Waals surface area contributed by atoms with Gasteiger partial charge in [0.05, 0.1) is 11.4 Å². The number of aryl methyl sites for hydroxylation is 1. The summed E-state index contributed by atoms with van der Waals surface area (Å²) in [4.78, 5) is 8.63. The minimum Gasteiger partial charge on any atom is -0.381 e. The van der Waals surface area contributed by atoms with Crippen molar-refractivity contribution in [2.24, 2.45) is 0 Å². The standard InChI is InChI=1S/C10H14N2O/c1-8-6-12-10(7-11-8)9-2-4-13-5-3-9/h6-7,9H,2-5H2,1H3. The van der Waals surface area contributed by atoms with Crippen LogP contribution < -0.4 is 0 Å². The van der Waals surface area contributed by atoms with Crippen LogP contribution in [0, 0.1) is 6.92 Å². The lowest BCUT2D eigenvalue weighted by Crippen LogP contribution is -2.15. The predicted octanol–water partition coefficient (Wildman–Crippen LogP) is 1.68. The fourth-order valence-corrected chi connectivity index (χ4v) is 1.61. The smallest absolute Gasteiger partial charge is 0.0619 e. The van der Waals surface area contributed by atoms with E-state index in [1.165, 1.54) is 0 Å². The summed E-state index contributed by atoms with van der Waals surface area (Å²) in [5, 5.41) is 0. The topological polar surface area (TPSA) is 35.0 Å². The van der Waals surface area contributed by atoms with Crippen LogP contribution in [0.25, 0.3) is 0 Å². The molecule has 3 heteroatoms. The van der Waals surface area contributed by atoms with Gasteiger partial charge in [-0.2, -0.15) is 0 Å². The molecule has 1 aromatic rings. The van der Waals surface area contributed by atoms with Gasteiger partial charge >= 0.3 is 0 Å². The van der Waals surface area contributed by atoms with Gasteiger partial charge in [-0.15, -0.1) is 0 Å². The Hall–Kier alpha value is -0.960. The van der Waals surface area contributed by atoms with Crippen LogP contribution in [0.5, 0.6) is 0 Å². The highest BCUT2D eigenvalue weighted by molar-refractivity contribution is 5.07. The first-order chi connectivity index (χ1) is 6.36. The van der Waals surface area contributed by atoms with Crippen LogP contribution in [0.1, 0.15) is 30.1 Å². The molecule has 0 amide bonds. The van der Waals surface area contributed by atoms with Gasteiger partial charge < -0.3 is 4.74 Å². The lowest BCUT2D eigenvalue weighted by Gasteiger charge is -2.20. The normalized spacial score (nSPS) is 18.8. The van der Waals surface area contributed by atoms with Crippen LogP contribution in [-0.2, 0) is 4.74 Å². The quantitative estimate of drug-likeness (QED) is 0.656.